The van der Waals surface area contributed by atoms with E-state index >= 15 is 0 Å². The van der Waals surface area contributed by atoms with E-state index in [4.69, 9.17) is 0 Å². The van der Waals surface area contributed by atoms with Gasteiger partial charge in [0.15, 0.2) is 0 Å². The van der Waals surface area contributed by atoms with Crippen LogP contribution in [0.25, 0.3) is 10.6 Å². The van der Waals surface area contributed by atoms with Crippen LogP contribution in [0.1, 0.15) is 33.3 Å². The number of rotatable bonds is 4. The summed E-state index contributed by atoms with van der Waals surface area (Å²) in [5.74, 6) is -0.906. The maximum absolute atomic E-state index is 12.1. The Balaban J connectivity index is 1.63. The maximum atomic E-state index is 12.1. The molecule has 7 nitrogen and oxygen atoms in total. The van der Waals surface area contributed by atoms with Crippen LogP contribution >= 0.6 is 11.3 Å². The Labute approximate surface area is 148 Å². The van der Waals surface area contributed by atoms with Crippen LogP contribution in [0.5, 0.6) is 0 Å². The molecule has 0 bridgehead atoms. The van der Waals surface area contributed by atoms with Crippen molar-refractivity contribution in [2.24, 2.45) is 7.05 Å². The average Bonchev–Trinajstić information content (AvgIpc) is 3.29. The van der Waals surface area contributed by atoms with Gasteiger partial charge in [0, 0.05) is 24.2 Å². The fourth-order valence-electron chi connectivity index (χ4n) is 2.18. The topological polar surface area (TPSA) is 88.9 Å². The first-order valence-electron chi connectivity index (χ1n) is 7.71. The zero-order valence-corrected chi connectivity index (χ0v) is 14.6. The third kappa shape index (κ3) is 3.92. The van der Waals surface area contributed by atoms with E-state index in [0.717, 1.165) is 17.0 Å². The van der Waals surface area contributed by atoms with Gasteiger partial charge >= 0.3 is 0 Å². The number of thiazole rings is 1. The highest BCUT2D eigenvalue weighted by Gasteiger charge is 2.14. The van der Waals surface area contributed by atoms with Crippen molar-refractivity contribution in [1.29, 1.82) is 0 Å². The molecule has 0 fully saturated rings. The molecule has 2 aromatic heterocycles. The molecule has 25 heavy (non-hydrogen) atoms. The predicted molar refractivity (Wildman–Crippen MR) is 95.1 cm³/mol. The quantitative estimate of drug-likeness (QED) is 0.702. The molecule has 0 saturated heterocycles. The van der Waals surface area contributed by atoms with Crippen molar-refractivity contribution in [3.05, 3.63) is 58.9 Å². The second-order valence-electron chi connectivity index (χ2n) is 5.40. The number of aromatic nitrogens is 3. The highest BCUT2D eigenvalue weighted by molar-refractivity contribution is 7.13. The first-order chi connectivity index (χ1) is 12.1. The third-order valence-corrected chi connectivity index (χ3v) is 4.49. The molecule has 0 spiro atoms. The Morgan fingerprint density at radius 3 is 2.52 bits per heavy atom. The highest BCUT2D eigenvalue weighted by atomic mass is 32.1. The molecule has 128 valence electrons. The van der Waals surface area contributed by atoms with E-state index in [1.165, 1.54) is 27.8 Å². The number of hydrogen-bond donors (Lipinski definition) is 2. The molecule has 0 saturated carbocycles. The van der Waals surface area contributed by atoms with Crippen LogP contribution in [0.15, 0.2) is 42.0 Å². The summed E-state index contributed by atoms with van der Waals surface area (Å²) in [7, 11) is 1.71. The van der Waals surface area contributed by atoms with Crippen LogP contribution < -0.4 is 10.9 Å². The summed E-state index contributed by atoms with van der Waals surface area (Å²) < 4.78 is 1.51. The minimum atomic E-state index is -0.468. The van der Waals surface area contributed by atoms with Gasteiger partial charge < -0.3 is 0 Å². The van der Waals surface area contributed by atoms with Crippen LogP contribution in [-0.4, -0.2) is 26.6 Å². The molecule has 8 heteroatoms. The lowest BCUT2D eigenvalue weighted by atomic mass is 10.1. The zero-order valence-electron chi connectivity index (χ0n) is 13.8. The Morgan fingerprint density at radius 2 is 1.88 bits per heavy atom. The maximum Gasteiger partial charge on any atom is 0.289 e. The van der Waals surface area contributed by atoms with Crippen molar-refractivity contribution in [2.45, 2.75) is 13.3 Å². The van der Waals surface area contributed by atoms with E-state index in [9.17, 15) is 9.59 Å². The van der Waals surface area contributed by atoms with E-state index in [0.29, 0.717) is 5.56 Å². The molecule has 0 radical (unpaired) electrons. The van der Waals surface area contributed by atoms with Crippen molar-refractivity contribution in [1.82, 2.24) is 25.6 Å². The number of amides is 2. The monoisotopic (exact) mass is 355 g/mol. The van der Waals surface area contributed by atoms with Crippen molar-refractivity contribution in [3.63, 3.8) is 0 Å². The molecule has 0 aliphatic rings. The Morgan fingerprint density at radius 1 is 1.16 bits per heavy atom. The number of carbonyl (C=O) groups excluding carboxylic acids is 2. The molecule has 3 aromatic rings. The van der Waals surface area contributed by atoms with Crippen molar-refractivity contribution < 1.29 is 9.59 Å². The van der Waals surface area contributed by atoms with Gasteiger partial charge in [-0.3, -0.25) is 25.1 Å². The number of hydrazine groups is 1. The van der Waals surface area contributed by atoms with Crippen molar-refractivity contribution >= 4 is 23.2 Å². The molecule has 0 aliphatic carbocycles. The Bertz CT molecular complexity index is 898. The molecular weight excluding hydrogens is 338 g/mol. The molecule has 0 atom stereocenters. The molecule has 1 aromatic carbocycles. The summed E-state index contributed by atoms with van der Waals surface area (Å²) in [6.45, 7) is 2.10. The molecule has 2 heterocycles. The van der Waals surface area contributed by atoms with E-state index in [2.05, 4.69) is 27.9 Å². The van der Waals surface area contributed by atoms with Gasteiger partial charge in [-0.05, 0) is 12.0 Å². The van der Waals surface area contributed by atoms with Crippen LogP contribution in [0.4, 0.5) is 0 Å². The van der Waals surface area contributed by atoms with Crippen LogP contribution in [0.2, 0.25) is 0 Å². The number of benzene rings is 1. The minimum absolute atomic E-state index is 0.256. The first kappa shape index (κ1) is 16.8. The average molecular weight is 355 g/mol. The van der Waals surface area contributed by atoms with Gasteiger partial charge in [-0.2, -0.15) is 5.10 Å². The van der Waals surface area contributed by atoms with Crippen LogP contribution in [0, 0.1) is 0 Å². The standard InChI is InChI=1S/C17H17N5O2S/c1-3-11-4-6-12(7-5-11)17-19-14(10-25-17)16(24)21-20-15(23)13-8-18-22(2)9-13/h4-10H,3H2,1-2H3,(H,20,23)(H,21,24). The molecule has 3 rings (SSSR count). The SMILES string of the molecule is CCc1ccc(-c2nc(C(=O)NNC(=O)c3cnn(C)c3)cs2)cc1. The normalized spacial score (nSPS) is 10.5. The third-order valence-electron chi connectivity index (χ3n) is 3.60. The Hall–Kier alpha value is -3.00. The summed E-state index contributed by atoms with van der Waals surface area (Å²) >= 11 is 1.38. The molecule has 0 aliphatic heterocycles. The molecule has 0 unspecified atom stereocenters. The van der Waals surface area contributed by atoms with Gasteiger partial charge in [-0.25, -0.2) is 4.98 Å². The van der Waals surface area contributed by atoms with Crippen molar-refractivity contribution in [2.75, 3.05) is 0 Å². The van der Waals surface area contributed by atoms with E-state index in [1.54, 1.807) is 18.6 Å². The van der Waals surface area contributed by atoms with Gasteiger partial charge in [0.1, 0.15) is 10.7 Å². The van der Waals surface area contributed by atoms with Gasteiger partial charge in [0.05, 0.1) is 11.8 Å². The lowest BCUT2D eigenvalue weighted by Crippen LogP contribution is -2.41. The second kappa shape index (κ2) is 7.27. The lowest BCUT2D eigenvalue weighted by molar-refractivity contribution is 0.0844. The summed E-state index contributed by atoms with van der Waals surface area (Å²) in [5, 5.41) is 6.32. The zero-order chi connectivity index (χ0) is 17.8. The number of hydrogen-bond acceptors (Lipinski definition) is 5. The predicted octanol–water partition coefficient (Wildman–Crippen LogP) is 2.18. The lowest BCUT2D eigenvalue weighted by Gasteiger charge is -2.04. The summed E-state index contributed by atoms with van der Waals surface area (Å²) in [5.41, 5.74) is 7.53. The van der Waals surface area contributed by atoms with Gasteiger partial charge in [-0.15, -0.1) is 11.3 Å². The van der Waals surface area contributed by atoms with E-state index in [-0.39, 0.29) is 5.69 Å². The minimum Gasteiger partial charge on any atom is -0.275 e. The fraction of sp³-hybridized carbons (Fsp3) is 0.176. The fourth-order valence-corrected chi connectivity index (χ4v) is 2.99. The van der Waals surface area contributed by atoms with Gasteiger partial charge in [0.2, 0.25) is 0 Å². The smallest absolute Gasteiger partial charge is 0.275 e. The van der Waals surface area contributed by atoms with Crippen molar-refractivity contribution in [3.8, 4) is 10.6 Å². The first-order valence-corrected chi connectivity index (χ1v) is 8.59. The molecular formula is C17H17N5O2S. The highest BCUT2D eigenvalue weighted by Crippen LogP contribution is 2.24. The Kier molecular flexibility index (Phi) is 4.90. The van der Waals surface area contributed by atoms with E-state index < -0.39 is 11.8 Å². The number of nitrogens with zero attached hydrogens (tertiary/aromatic N) is 3. The summed E-state index contributed by atoms with van der Waals surface area (Å²) in [6, 6.07) is 8.07. The number of nitrogens with one attached hydrogen (secondary N) is 2. The van der Waals surface area contributed by atoms with Gasteiger partial charge in [-0.1, -0.05) is 31.2 Å². The van der Waals surface area contributed by atoms with E-state index in [1.807, 2.05) is 24.3 Å². The summed E-state index contributed by atoms with van der Waals surface area (Å²) in [6.07, 6.45) is 3.95. The number of carbonyl (C=O) groups is 2. The summed E-state index contributed by atoms with van der Waals surface area (Å²) in [4.78, 5) is 28.3. The van der Waals surface area contributed by atoms with Crippen LogP contribution in [-0.2, 0) is 13.5 Å². The molecule has 2 amide bonds. The number of aryl methyl sites for hydroxylation is 2. The molecule has 2 N–H and O–H groups in total. The van der Waals surface area contributed by atoms with Gasteiger partial charge in [0.25, 0.3) is 11.8 Å². The van der Waals surface area contributed by atoms with Crippen LogP contribution in [0.3, 0.4) is 0 Å². The second-order valence-corrected chi connectivity index (χ2v) is 6.26. The largest absolute Gasteiger partial charge is 0.289 e.